The number of anilines is 1. The number of benzene rings is 3. The lowest BCUT2D eigenvalue weighted by atomic mass is 10.3. The van der Waals surface area contributed by atoms with Crippen molar-refractivity contribution in [3.8, 4) is 5.75 Å². The summed E-state index contributed by atoms with van der Waals surface area (Å²) in [5.41, 5.74) is 3.89. The Bertz CT molecular complexity index is 921. The molecule has 0 amide bonds. The van der Waals surface area contributed by atoms with Crippen LogP contribution in [-0.4, -0.2) is 25.4 Å². The molecule has 7 heteroatoms. The van der Waals surface area contributed by atoms with E-state index >= 15 is 0 Å². The minimum Gasteiger partial charge on any atom is -0.497 e. The zero-order valence-electron chi connectivity index (χ0n) is 15.5. The van der Waals surface area contributed by atoms with Crippen molar-refractivity contribution in [1.29, 1.82) is 0 Å². The molecule has 7 nitrogen and oxygen atoms in total. The SMILES string of the molecule is COc1ccc(N=Nc2ccc(N=Nc3ccc(NCCO)cc3)cc2)cc1. The monoisotopic (exact) mass is 375 g/mol. The van der Waals surface area contributed by atoms with E-state index in [1.807, 2.05) is 72.8 Å². The van der Waals surface area contributed by atoms with E-state index in [9.17, 15) is 0 Å². The molecule has 0 bridgehead atoms. The number of azo groups is 2. The molecule has 2 N–H and O–H groups in total. The Balaban J connectivity index is 1.58. The molecule has 0 atom stereocenters. The van der Waals surface area contributed by atoms with Crippen LogP contribution in [0.3, 0.4) is 0 Å². The van der Waals surface area contributed by atoms with E-state index in [0.29, 0.717) is 6.54 Å². The lowest BCUT2D eigenvalue weighted by Crippen LogP contribution is -2.04. The maximum absolute atomic E-state index is 8.81. The highest BCUT2D eigenvalue weighted by atomic mass is 16.5. The van der Waals surface area contributed by atoms with Crippen molar-refractivity contribution < 1.29 is 9.84 Å². The summed E-state index contributed by atoms with van der Waals surface area (Å²) in [6, 6.07) is 22.2. The fourth-order valence-corrected chi connectivity index (χ4v) is 2.31. The molecule has 0 aliphatic heterocycles. The Hall–Kier alpha value is -3.58. The number of ether oxygens (including phenoxy) is 1. The fourth-order valence-electron chi connectivity index (χ4n) is 2.31. The van der Waals surface area contributed by atoms with E-state index in [2.05, 4.69) is 25.8 Å². The number of aliphatic hydroxyl groups excluding tert-OH is 1. The van der Waals surface area contributed by atoms with Gasteiger partial charge in [0.25, 0.3) is 0 Å². The van der Waals surface area contributed by atoms with Gasteiger partial charge in [0, 0.05) is 12.2 Å². The van der Waals surface area contributed by atoms with Gasteiger partial charge in [-0.05, 0) is 72.8 Å². The van der Waals surface area contributed by atoms with Gasteiger partial charge >= 0.3 is 0 Å². The molecule has 3 aromatic carbocycles. The molecular formula is C21H21N5O2. The van der Waals surface area contributed by atoms with Crippen LogP contribution in [0.2, 0.25) is 0 Å². The van der Waals surface area contributed by atoms with E-state index in [1.54, 1.807) is 7.11 Å². The number of hydrogen-bond acceptors (Lipinski definition) is 7. The number of rotatable bonds is 8. The maximum Gasteiger partial charge on any atom is 0.119 e. The first kappa shape index (κ1) is 19.2. The maximum atomic E-state index is 8.81. The molecule has 142 valence electrons. The van der Waals surface area contributed by atoms with Crippen LogP contribution in [0, 0.1) is 0 Å². The van der Waals surface area contributed by atoms with Crippen LogP contribution < -0.4 is 10.1 Å². The van der Waals surface area contributed by atoms with Crippen LogP contribution in [0.15, 0.2) is 93.3 Å². The van der Waals surface area contributed by atoms with Crippen LogP contribution in [0.4, 0.5) is 28.4 Å². The van der Waals surface area contributed by atoms with Crippen molar-refractivity contribution >= 4 is 28.4 Å². The van der Waals surface area contributed by atoms with Crippen molar-refractivity contribution in [2.45, 2.75) is 0 Å². The third-order valence-electron chi connectivity index (χ3n) is 3.79. The van der Waals surface area contributed by atoms with Crippen molar-refractivity contribution in [3.63, 3.8) is 0 Å². The van der Waals surface area contributed by atoms with Gasteiger partial charge in [0.1, 0.15) is 5.75 Å². The third-order valence-corrected chi connectivity index (χ3v) is 3.79. The summed E-state index contributed by atoms with van der Waals surface area (Å²) in [5, 5.41) is 28.7. The molecule has 3 aromatic rings. The molecule has 0 spiro atoms. The quantitative estimate of drug-likeness (QED) is 0.478. The lowest BCUT2D eigenvalue weighted by Gasteiger charge is -2.03. The summed E-state index contributed by atoms with van der Waals surface area (Å²) < 4.78 is 5.12. The van der Waals surface area contributed by atoms with E-state index in [-0.39, 0.29) is 6.61 Å². The fraction of sp³-hybridized carbons (Fsp3) is 0.143. The Kier molecular flexibility index (Phi) is 6.81. The molecule has 0 aromatic heterocycles. The second-order valence-corrected chi connectivity index (χ2v) is 5.81. The predicted molar refractivity (Wildman–Crippen MR) is 110 cm³/mol. The second-order valence-electron chi connectivity index (χ2n) is 5.81. The molecule has 28 heavy (non-hydrogen) atoms. The second kappa shape index (κ2) is 9.94. The minimum absolute atomic E-state index is 0.0944. The van der Waals surface area contributed by atoms with Crippen LogP contribution in [0.5, 0.6) is 5.75 Å². The summed E-state index contributed by atoms with van der Waals surface area (Å²) in [5.74, 6) is 0.782. The van der Waals surface area contributed by atoms with Crippen molar-refractivity contribution in [2.24, 2.45) is 20.5 Å². The Labute approximate surface area is 163 Å². The van der Waals surface area contributed by atoms with Gasteiger partial charge in [-0.1, -0.05) is 0 Å². The van der Waals surface area contributed by atoms with Crippen LogP contribution >= 0.6 is 0 Å². The van der Waals surface area contributed by atoms with Gasteiger partial charge in [-0.2, -0.15) is 20.5 Å². The summed E-state index contributed by atoms with van der Waals surface area (Å²) >= 11 is 0. The molecule has 0 saturated carbocycles. The van der Waals surface area contributed by atoms with Crippen LogP contribution in [0.1, 0.15) is 0 Å². The van der Waals surface area contributed by atoms with Crippen LogP contribution in [-0.2, 0) is 0 Å². The number of methoxy groups -OCH3 is 1. The van der Waals surface area contributed by atoms with Gasteiger partial charge < -0.3 is 15.2 Å². The normalized spacial score (nSPS) is 11.2. The van der Waals surface area contributed by atoms with Gasteiger partial charge in [-0.15, -0.1) is 0 Å². The minimum atomic E-state index is 0.0944. The van der Waals surface area contributed by atoms with E-state index in [1.165, 1.54) is 0 Å². The molecule has 0 aliphatic rings. The van der Waals surface area contributed by atoms with Gasteiger partial charge in [0.2, 0.25) is 0 Å². The highest BCUT2D eigenvalue weighted by Crippen LogP contribution is 2.24. The third kappa shape index (κ3) is 5.72. The van der Waals surface area contributed by atoms with Crippen molar-refractivity contribution in [2.75, 3.05) is 25.6 Å². The number of aliphatic hydroxyl groups is 1. The van der Waals surface area contributed by atoms with Crippen molar-refractivity contribution in [1.82, 2.24) is 0 Å². The Morgan fingerprint density at radius 2 is 1.07 bits per heavy atom. The average Bonchev–Trinajstić information content (AvgIpc) is 2.76. The topological polar surface area (TPSA) is 90.9 Å². The highest BCUT2D eigenvalue weighted by molar-refractivity contribution is 5.52. The largest absolute Gasteiger partial charge is 0.497 e. The molecule has 0 fully saturated rings. The van der Waals surface area contributed by atoms with Crippen molar-refractivity contribution in [3.05, 3.63) is 72.8 Å². The first-order valence-corrected chi connectivity index (χ1v) is 8.79. The molecular weight excluding hydrogens is 354 g/mol. The van der Waals surface area contributed by atoms with Crippen LogP contribution in [0.25, 0.3) is 0 Å². The smallest absolute Gasteiger partial charge is 0.119 e. The summed E-state index contributed by atoms with van der Waals surface area (Å²) in [6.07, 6.45) is 0. The summed E-state index contributed by atoms with van der Waals surface area (Å²) in [4.78, 5) is 0. The zero-order chi connectivity index (χ0) is 19.6. The average molecular weight is 375 g/mol. The van der Waals surface area contributed by atoms with Gasteiger partial charge in [-0.25, -0.2) is 0 Å². The molecule has 0 heterocycles. The predicted octanol–water partition coefficient (Wildman–Crippen LogP) is 5.93. The first-order chi connectivity index (χ1) is 13.8. The van der Waals surface area contributed by atoms with E-state index in [4.69, 9.17) is 9.84 Å². The number of nitrogens with one attached hydrogen (secondary N) is 1. The van der Waals surface area contributed by atoms with Gasteiger partial charge in [0.15, 0.2) is 0 Å². The van der Waals surface area contributed by atoms with E-state index in [0.717, 1.165) is 34.2 Å². The molecule has 0 unspecified atom stereocenters. The Morgan fingerprint density at radius 3 is 1.46 bits per heavy atom. The number of hydrogen-bond donors (Lipinski definition) is 2. The standard InChI is InChI=1S/C21H21N5O2/c1-28-21-12-10-20(11-13-21)26-25-19-8-6-18(7-9-19)24-23-17-4-2-16(3-5-17)22-14-15-27/h2-13,22,27H,14-15H2,1H3. The molecule has 0 radical (unpaired) electrons. The molecule has 0 aliphatic carbocycles. The van der Waals surface area contributed by atoms with E-state index < -0.39 is 0 Å². The molecule has 3 rings (SSSR count). The zero-order valence-corrected chi connectivity index (χ0v) is 15.5. The van der Waals surface area contributed by atoms with Gasteiger partial charge in [0.05, 0.1) is 36.5 Å². The molecule has 0 saturated heterocycles. The highest BCUT2D eigenvalue weighted by Gasteiger charge is 1.96. The van der Waals surface area contributed by atoms with Gasteiger partial charge in [-0.3, -0.25) is 0 Å². The summed E-state index contributed by atoms with van der Waals surface area (Å²) in [6.45, 7) is 0.611. The first-order valence-electron chi connectivity index (χ1n) is 8.79. The Morgan fingerprint density at radius 1 is 0.679 bits per heavy atom. The summed E-state index contributed by atoms with van der Waals surface area (Å²) in [7, 11) is 1.63. The lowest BCUT2D eigenvalue weighted by molar-refractivity contribution is 0.311. The number of nitrogens with zero attached hydrogens (tertiary/aromatic N) is 4.